The first-order valence-corrected chi connectivity index (χ1v) is 14.4. The summed E-state index contributed by atoms with van der Waals surface area (Å²) < 4.78 is 10.2. The molecule has 11 nitrogen and oxygen atoms in total. The van der Waals surface area contributed by atoms with E-state index in [-0.39, 0.29) is 26.1 Å². The highest BCUT2D eigenvalue weighted by molar-refractivity contribution is 5.95. The van der Waals surface area contributed by atoms with E-state index in [0.29, 0.717) is 17.5 Å². The number of carbonyl (C=O) groups excluding carboxylic acids is 5. The zero-order chi connectivity index (χ0) is 31.7. The molecule has 1 aromatic rings. The minimum absolute atomic E-state index is 0.0359. The molecule has 0 saturated carbocycles. The van der Waals surface area contributed by atoms with Crippen LogP contribution < -0.4 is 16.4 Å². The predicted molar refractivity (Wildman–Crippen MR) is 159 cm³/mol. The maximum Gasteiger partial charge on any atom is 0.408 e. The summed E-state index contributed by atoms with van der Waals surface area (Å²) in [5.74, 6) is -0.0306. The van der Waals surface area contributed by atoms with Crippen LogP contribution in [0.2, 0.25) is 0 Å². The summed E-state index contributed by atoms with van der Waals surface area (Å²) in [6.45, 7) is 9.04. The first-order chi connectivity index (χ1) is 19.8. The van der Waals surface area contributed by atoms with Gasteiger partial charge in [-0.25, -0.2) is 4.79 Å². The minimum atomic E-state index is -1.40. The van der Waals surface area contributed by atoms with Gasteiger partial charge in [-0.15, -0.1) is 6.42 Å². The molecule has 4 N–H and O–H groups in total. The number of nitrogens with two attached hydrogens (primary N) is 1. The van der Waals surface area contributed by atoms with Crippen molar-refractivity contribution in [2.45, 2.75) is 97.2 Å². The van der Waals surface area contributed by atoms with Gasteiger partial charge in [-0.2, -0.15) is 0 Å². The van der Waals surface area contributed by atoms with E-state index in [4.69, 9.17) is 21.6 Å². The van der Waals surface area contributed by atoms with E-state index in [1.54, 1.807) is 52.0 Å². The highest BCUT2D eigenvalue weighted by Gasteiger charge is 2.37. The first-order valence-electron chi connectivity index (χ1n) is 14.4. The maximum atomic E-state index is 14.1. The summed E-state index contributed by atoms with van der Waals surface area (Å²) in [6, 6.07) is 4.07. The third-order valence-electron chi connectivity index (χ3n) is 6.08. The fourth-order valence-electron chi connectivity index (χ4n) is 4.24. The van der Waals surface area contributed by atoms with Gasteiger partial charge in [0.05, 0.1) is 19.4 Å². The number of amides is 4. The zero-order valence-corrected chi connectivity index (χ0v) is 25.5. The van der Waals surface area contributed by atoms with Crippen LogP contribution in [-0.2, 0) is 28.7 Å². The van der Waals surface area contributed by atoms with E-state index in [9.17, 15) is 24.0 Å². The van der Waals surface area contributed by atoms with E-state index in [1.807, 2.05) is 0 Å². The molecule has 0 fully saturated rings. The van der Waals surface area contributed by atoms with E-state index >= 15 is 0 Å². The number of nitrogens with zero attached hydrogens (tertiary/aromatic N) is 1. The SMILES string of the molecule is C#Cc1ccccc1C(C(=O)NCCC(=O)OCC)N(CCCCCCC)C(=O)C(CC(N)=O)NC(=O)OC(C)(C)C. The van der Waals surface area contributed by atoms with Crippen molar-refractivity contribution in [1.29, 1.82) is 0 Å². The molecule has 0 aliphatic rings. The molecule has 0 radical (unpaired) electrons. The molecule has 2 unspecified atom stereocenters. The van der Waals surface area contributed by atoms with Gasteiger partial charge >= 0.3 is 12.1 Å². The fraction of sp³-hybridized carbons (Fsp3) is 0.581. The molecule has 232 valence electrons. The lowest BCUT2D eigenvalue weighted by molar-refractivity contribution is -0.144. The second kappa shape index (κ2) is 18.4. The van der Waals surface area contributed by atoms with Crippen LogP contribution in [0.4, 0.5) is 4.79 Å². The van der Waals surface area contributed by atoms with Crippen LogP contribution in [-0.4, -0.2) is 66.0 Å². The Balaban J connectivity index is 3.54. The van der Waals surface area contributed by atoms with Crippen LogP contribution in [0.3, 0.4) is 0 Å². The van der Waals surface area contributed by atoms with Gasteiger partial charge < -0.3 is 30.7 Å². The van der Waals surface area contributed by atoms with Crippen molar-refractivity contribution in [3.63, 3.8) is 0 Å². The number of rotatable bonds is 17. The average Bonchev–Trinajstić information content (AvgIpc) is 2.90. The largest absolute Gasteiger partial charge is 0.466 e. The predicted octanol–water partition coefficient (Wildman–Crippen LogP) is 3.35. The Labute approximate surface area is 249 Å². The molecule has 0 saturated heterocycles. The minimum Gasteiger partial charge on any atom is -0.466 e. The number of unbranched alkanes of at least 4 members (excludes halogenated alkanes) is 4. The van der Waals surface area contributed by atoms with Crippen LogP contribution in [0.5, 0.6) is 0 Å². The second-order valence-electron chi connectivity index (χ2n) is 10.8. The van der Waals surface area contributed by atoms with Crippen molar-refractivity contribution in [2.75, 3.05) is 19.7 Å². The van der Waals surface area contributed by atoms with Crippen LogP contribution in [0, 0.1) is 12.3 Å². The van der Waals surface area contributed by atoms with Crippen molar-refractivity contribution in [1.82, 2.24) is 15.5 Å². The van der Waals surface area contributed by atoms with Crippen molar-refractivity contribution in [3.05, 3.63) is 35.4 Å². The van der Waals surface area contributed by atoms with Gasteiger partial charge in [0.1, 0.15) is 17.7 Å². The van der Waals surface area contributed by atoms with Crippen LogP contribution >= 0.6 is 0 Å². The molecule has 4 amide bonds. The number of hydrogen-bond donors (Lipinski definition) is 3. The van der Waals surface area contributed by atoms with Gasteiger partial charge in [0.15, 0.2) is 0 Å². The first kappa shape index (κ1) is 36.0. The van der Waals surface area contributed by atoms with Crippen molar-refractivity contribution >= 4 is 29.8 Å². The molecule has 1 rings (SSSR count). The Bertz CT molecular complexity index is 1110. The smallest absolute Gasteiger partial charge is 0.408 e. The number of benzene rings is 1. The van der Waals surface area contributed by atoms with Crippen molar-refractivity contribution in [3.8, 4) is 12.3 Å². The summed E-state index contributed by atoms with van der Waals surface area (Å²) in [4.78, 5) is 65.7. The number of primary amides is 1. The molecule has 1 aromatic carbocycles. The molecular weight excluding hydrogens is 540 g/mol. The zero-order valence-electron chi connectivity index (χ0n) is 25.5. The van der Waals surface area contributed by atoms with Gasteiger partial charge in [0, 0.05) is 18.7 Å². The Morgan fingerprint density at radius 3 is 2.31 bits per heavy atom. The monoisotopic (exact) mass is 586 g/mol. The van der Waals surface area contributed by atoms with E-state index in [2.05, 4.69) is 23.5 Å². The summed E-state index contributed by atoms with van der Waals surface area (Å²) in [5, 5.41) is 5.17. The lowest BCUT2D eigenvalue weighted by Gasteiger charge is -2.35. The Hall–Kier alpha value is -4.07. The molecule has 0 aliphatic carbocycles. The lowest BCUT2D eigenvalue weighted by atomic mass is 9.96. The molecule has 0 spiro atoms. The van der Waals surface area contributed by atoms with Crippen LogP contribution in [0.1, 0.15) is 96.7 Å². The summed E-state index contributed by atoms with van der Waals surface area (Å²) in [7, 11) is 0. The fourth-order valence-corrected chi connectivity index (χ4v) is 4.24. The van der Waals surface area contributed by atoms with Gasteiger partial charge in [-0.05, 0) is 45.7 Å². The van der Waals surface area contributed by atoms with Gasteiger partial charge in [-0.3, -0.25) is 19.2 Å². The molecule has 2 atom stereocenters. The maximum absolute atomic E-state index is 14.1. The van der Waals surface area contributed by atoms with E-state index in [0.717, 1.165) is 25.7 Å². The van der Waals surface area contributed by atoms with Crippen LogP contribution in [0.25, 0.3) is 0 Å². The van der Waals surface area contributed by atoms with Crippen molar-refractivity contribution < 1.29 is 33.4 Å². The third-order valence-corrected chi connectivity index (χ3v) is 6.08. The number of hydrogen-bond acceptors (Lipinski definition) is 7. The second-order valence-corrected chi connectivity index (χ2v) is 10.8. The van der Waals surface area contributed by atoms with Gasteiger partial charge in [-0.1, -0.05) is 56.7 Å². The molecule has 42 heavy (non-hydrogen) atoms. The highest BCUT2D eigenvalue weighted by atomic mass is 16.6. The number of esters is 1. The number of ether oxygens (including phenoxy) is 2. The standard InChI is InChI=1S/C31H46N4O7/c1-7-10-11-12-15-20-35(29(39)24(21-25(32)36)34-30(40)42-31(4,5)6)27(23-17-14-13-16-22(23)8-2)28(38)33-19-18-26(37)41-9-3/h2,13-14,16-17,24,27H,7,9-12,15,18-21H2,1,3-6H3,(H2,32,36)(H,33,38)(H,34,40). The summed E-state index contributed by atoms with van der Waals surface area (Å²) in [6.07, 6.45) is 8.55. The molecule has 0 bridgehead atoms. The Kier molecular flexibility index (Phi) is 15.7. The average molecular weight is 587 g/mol. The molecule has 11 heteroatoms. The quantitative estimate of drug-likeness (QED) is 0.144. The molecule has 0 aromatic heterocycles. The van der Waals surface area contributed by atoms with E-state index in [1.165, 1.54) is 4.90 Å². The summed E-state index contributed by atoms with van der Waals surface area (Å²) in [5.41, 5.74) is 5.35. The summed E-state index contributed by atoms with van der Waals surface area (Å²) >= 11 is 0. The Morgan fingerprint density at radius 2 is 1.71 bits per heavy atom. The van der Waals surface area contributed by atoms with Crippen LogP contribution in [0.15, 0.2) is 24.3 Å². The molecule has 0 aliphatic heterocycles. The van der Waals surface area contributed by atoms with Crippen molar-refractivity contribution in [2.24, 2.45) is 5.73 Å². The topological polar surface area (TPSA) is 157 Å². The van der Waals surface area contributed by atoms with E-state index < -0.39 is 53.9 Å². The lowest BCUT2D eigenvalue weighted by Crippen LogP contribution is -2.54. The van der Waals surface area contributed by atoms with Gasteiger partial charge in [0.2, 0.25) is 17.7 Å². The third kappa shape index (κ3) is 13.1. The Morgan fingerprint density at radius 1 is 1.05 bits per heavy atom. The highest BCUT2D eigenvalue weighted by Crippen LogP contribution is 2.27. The normalized spacial score (nSPS) is 12.3. The molecular formula is C31H46N4O7. The number of alkyl carbamates (subject to hydrolysis) is 1. The number of terminal acetylenes is 1. The number of nitrogens with one attached hydrogen (secondary N) is 2. The van der Waals surface area contributed by atoms with Gasteiger partial charge in [0.25, 0.3) is 0 Å². The number of carbonyl (C=O) groups is 5. The molecule has 0 heterocycles.